The molecule has 4 rings (SSSR count). The first-order valence-corrected chi connectivity index (χ1v) is 9.91. The third-order valence-corrected chi connectivity index (χ3v) is 5.07. The summed E-state index contributed by atoms with van der Waals surface area (Å²) in [5.74, 6) is -1.56. The van der Waals surface area contributed by atoms with Gasteiger partial charge in [-0.15, -0.1) is 0 Å². The summed E-state index contributed by atoms with van der Waals surface area (Å²) in [5, 5.41) is 9.99. The Balaban J connectivity index is 1.82. The average molecular weight is 474 g/mol. The molecule has 11 heteroatoms. The van der Waals surface area contributed by atoms with E-state index in [0.717, 1.165) is 15.5 Å². The minimum atomic E-state index is -4.81. The number of fused-ring (bicyclic) bond motifs is 1. The van der Waals surface area contributed by atoms with Gasteiger partial charge in [-0.2, -0.15) is 18.3 Å². The topological polar surface area (TPSA) is 88.9 Å². The number of aromatic nitrogens is 3. The molecular weight excluding hydrogens is 459 g/mol. The lowest BCUT2D eigenvalue weighted by Crippen LogP contribution is -2.23. The highest BCUT2D eigenvalue weighted by molar-refractivity contribution is 6.32. The van der Waals surface area contributed by atoms with Crippen LogP contribution in [0, 0.1) is 0 Å². The molecule has 0 fully saturated rings. The molecule has 7 nitrogen and oxygen atoms in total. The lowest BCUT2D eigenvalue weighted by atomic mass is 10.0. The number of rotatable bonds is 4. The zero-order chi connectivity index (χ0) is 23.8. The minimum Gasteiger partial charge on any atom is -0.355 e. The van der Waals surface area contributed by atoms with E-state index in [4.69, 9.17) is 11.6 Å². The number of anilines is 1. The second kappa shape index (κ2) is 8.55. The Morgan fingerprint density at radius 1 is 1.00 bits per heavy atom. The Labute approximate surface area is 190 Å². The monoisotopic (exact) mass is 473 g/mol. The quantitative estimate of drug-likeness (QED) is 0.449. The van der Waals surface area contributed by atoms with E-state index in [9.17, 15) is 22.8 Å². The van der Waals surface area contributed by atoms with Gasteiger partial charge in [0.15, 0.2) is 11.5 Å². The van der Waals surface area contributed by atoms with Gasteiger partial charge in [0.1, 0.15) is 5.69 Å². The lowest BCUT2D eigenvalue weighted by molar-refractivity contribution is -0.141. The van der Waals surface area contributed by atoms with Gasteiger partial charge in [-0.05, 0) is 35.0 Å². The molecule has 2 heterocycles. The van der Waals surface area contributed by atoms with Gasteiger partial charge in [0, 0.05) is 19.3 Å². The number of amides is 2. The fraction of sp³-hybridized carbons (Fsp3) is 0.0909. The molecule has 0 aliphatic carbocycles. The van der Waals surface area contributed by atoms with Crippen molar-refractivity contribution >= 4 is 39.9 Å². The van der Waals surface area contributed by atoms with Crippen LogP contribution in [0.4, 0.5) is 18.9 Å². The van der Waals surface area contributed by atoms with Crippen LogP contribution in [0.3, 0.4) is 0 Å². The van der Waals surface area contributed by atoms with Crippen molar-refractivity contribution < 1.29 is 22.8 Å². The van der Waals surface area contributed by atoms with Crippen molar-refractivity contribution in [3.63, 3.8) is 0 Å². The number of alkyl halides is 3. The van der Waals surface area contributed by atoms with Crippen LogP contribution in [0.1, 0.15) is 26.5 Å². The predicted octanol–water partition coefficient (Wildman–Crippen LogP) is 4.70. The van der Waals surface area contributed by atoms with Crippen LogP contribution in [0.25, 0.3) is 16.6 Å². The molecule has 2 aromatic carbocycles. The Kier molecular flexibility index (Phi) is 5.77. The Morgan fingerprint density at radius 2 is 1.70 bits per heavy atom. The number of hydrogen-bond donors (Lipinski definition) is 2. The first-order chi connectivity index (χ1) is 15.7. The maximum absolute atomic E-state index is 13.4. The molecule has 0 spiro atoms. The van der Waals surface area contributed by atoms with Crippen LogP contribution in [-0.4, -0.2) is 33.6 Å². The molecule has 168 valence electrons. The molecular formula is C22H15ClF3N5O2. The molecule has 4 aromatic rings. The number of nitrogens with zero attached hydrogens (tertiary/aromatic N) is 3. The van der Waals surface area contributed by atoms with E-state index in [2.05, 4.69) is 20.7 Å². The summed E-state index contributed by atoms with van der Waals surface area (Å²) in [7, 11) is 1.43. The maximum Gasteiger partial charge on any atom is 0.435 e. The molecule has 2 amide bonds. The van der Waals surface area contributed by atoms with Crippen molar-refractivity contribution in [1.82, 2.24) is 20.1 Å². The zero-order valence-electron chi connectivity index (χ0n) is 16.9. The van der Waals surface area contributed by atoms with Gasteiger partial charge in [0.2, 0.25) is 0 Å². The average Bonchev–Trinajstić information content (AvgIpc) is 3.24. The molecule has 2 aromatic heterocycles. The summed E-state index contributed by atoms with van der Waals surface area (Å²) >= 11 is 6.08. The fourth-order valence-electron chi connectivity index (χ4n) is 3.23. The first kappa shape index (κ1) is 22.3. The molecule has 0 atom stereocenters. The fourth-order valence-corrected chi connectivity index (χ4v) is 3.43. The van der Waals surface area contributed by atoms with E-state index in [0.29, 0.717) is 6.07 Å². The molecule has 0 bridgehead atoms. The predicted molar refractivity (Wildman–Crippen MR) is 117 cm³/mol. The van der Waals surface area contributed by atoms with E-state index in [1.54, 1.807) is 36.4 Å². The number of halogens is 4. The molecule has 0 saturated carbocycles. The van der Waals surface area contributed by atoms with Gasteiger partial charge >= 0.3 is 6.18 Å². The third kappa shape index (κ3) is 4.37. The summed E-state index contributed by atoms with van der Waals surface area (Å²) in [6.45, 7) is 0. The summed E-state index contributed by atoms with van der Waals surface area (Å²) in [4.78, 5) is 29.5. The van der Waals surface area contributed by atoms with E-state index in [1.165, 1.54) is 25.4 Å². The summed E-state index contributed by atoms with van der Waals surface area (Å²) < 4.78 is 40.8. The third-order valence-electron chi connectivity index (χ3n) is 4.78. The smallest absolute Gasteiger partial charge is 0.355 e. The van der Waals surface area contributed by atoms with Gasteiger partial charge < -0.3 is 10.6 Å². The van der Waals surface area contributed by atoms with Gasteiger partial charge in [-0.3, -0.25) is 9.59 Å². The van der Waals surface area contributed by atoms with Crippen molar-refractivity contribution in [3.8, 4) is 5.82 Å². The van der Waals surface area contributed by atoms with Crippen LogP contribution in [0.15, 0.2) is 60.8 Å². The highest BCUT2D eigenvalue weighted by atomic mass is 35.5. The number of nitrogens with one attached hydrogen (secondary N) is 2. The van der Waals surface area contributed by atoms with E-state index >= 15 is 0 Å². The van der Waals surface area contributed by atoms with Crippen molar-refractivity contribution in [2.45, 2.75) is 6.18 Å². The SMILES string of the molecule is CNC(=O)c1cc2ccccc2cc1NC(=O)c1cc(C(F)(F)F)nn1-c1ncccc1Cl. The molecule has 0 radical (unpaired) electrons. The van der Waals surface area contributed by atoms with E-state index < -0.39 is 29.4 Å². The maximum atomic E-state index is 13.4. The van der Waals surface area contributed by atoms with Gasteiger partial charge in [-0.1, -0.05) is 35.9 Å². The second-order valence-electron chi connectivity index (χ2n) is 6.91. The van der Waals surface area contributed by atoms with Crippen molar-refractivity contribution in [1.29, 1.82) is 0 Å². The van der Waals surface area contributed by atoms with Crippen molar-refractivity contribution in [2.24, 2.45) is 0 Å². The van der Waals surface area contributed by atoms with Crippen LogP contribution in [0.5, 0.6) is 0 Å². The van der Waals surface area contributed by atoms with Gasteiger partial charge in [-0.25, -0.2) is 9.67 Å². The molecule has 0 aliphatic rings. The number of carbonyl (C=O) groups is 2. The molecule has 0 saturated heterocycles. The number of carbonyl (C=O) groups excluding carboxylic acids is 2. The van der Waals surface area contributed by atoms with Crippen LogP contribution >= 0.6 is 11.6 Å². The van der Waals surface area contributed by atoms with Crippen molar-refractivity contribution in [3.05, 3.63) is 82.8 Å². The Bertz CT molecular complexity index is 1380. The van der Waals surface area contributed by atoms with Crippen LogP contribution < -0.4 is 10.6 Å². The largest absolute Gasteiger partial charge is 0.435 e. The molecule has 0 aliphatic heterocycles. The number of hydrogen-bond acceptors (Lipinski definition) is 4. The van der Waals surface area contributed by atoms with Gasteiger partial charge in [0.05, 0.1) is 16.3 Å². The summed E-state index contributed by atoms with van der Waals surface area (Å²) in [6, 6.07) is 13.8. The molecule has 2 N–H and O–H groups in total. The van der Waals surface area contributed by atoms with E-state index in [-0.39, 0.29) is 22.1 Å². The summed E-state index contributed by atoms with van der Waals surface area (Å²) in [5.41, 5.74) is -1.49. The Morgan fingerprint density at radius 3 is 2.33 bits per heavy atom. The van der Waals surface area contributed by atoms with Crippen LogP contribution in [-0.2, 0) is 6.18 Å². The summed E-state index contributed by atoms with van der Waals surface area (Å²) in [6.07, 6.45) is -3.50. The second-order valence-corrected chi connectivity index (χ2v) is 7.32. The lowest BCUT2D eigenvalue weighted by Gasteiger charge is -2.13. The Hall–Kier alpha value is -3.92. The normalized spacial score (nSPS) is 11.4. The highest BCUT2D eigenvalue weighted by Crippen LogP contribution is 2.31. The zero-order valence-corrected chi connectivity index (χ0v) is 17.7. The van der Waals surface area contributed by atoms with Crippen molar-refractivity contribution in [2.75, 3.05) is 12.4 Å². The molecule has 0 unspecified atom stereocenters. The first-order valence-electron chi connectivity index (χ1n) is 9.53. The molecule has 33 heavy (non-hydrogen) atoms. The highest BCUT2D eigenvalue weighted by Gasteiger charge is 2.36. The number of pyridine rings is 1. The standard InChI is InChI=1S/C22H15ClF3N5O2/c1-27-20(32)14-9-12-5-2-3-6-13(12)10-16(14)29-21(33)17-11-18(22(24,25)26)30-31(17)19-15(23)7-4-8-28-19/h2-11H,1H3,(H,27,32)(H,29,33). The van der Waals surface area contributed by atoms with Gasteiger partial charge in [0.25, 0.3) is 11.8 Å². The minimum absolute atomic E-state index is 0.000120. The van der Waals surface area contributed by atoms with Crippen LogP contribution in [0.2, 0.25) is 5.02 Å². The van der Waals surface area contributed by atoms with E-state index in [1.807, 2.05) is 0 Å². The number of benzene rings is 2.